The van der Waals surface area contributed by atoms with Gasteiger partial charge in [0, 0.05) is 29.5 Å². The van der Waals surface area contributed by atoms with E-state index in [-0.39, 0.29) is 24.8 Å². The normalized spacial score (nSPS) is 9.92. The zero-order chi connectivity index (χ0) is 15.4. The van der Waals surface area contributed by atoms with E-state index in [1.807, 2.05) is 30.5 Å². The molecule has 0 radical (unpaired) electrons. The first-order valence-corrected chi connectivity index (χ1v) is 7.62. The van der Waals surface area contributed by atoms with Crippen molar-refractivity contribution in [3.8, 4) is 11.3 Å². The summed E-state index contributed by atoms with van der Waals surface area (Å²) in [6.45, 7) is 1.37. The van der Waals surface area contributed by atoms with Gasteiger partial charge in [0.2, 0.25) is 0 Å². The molecule has 0 aliphatic heterocycles. The van der Waals surface area contributed by atoms with Crippen LogP contribution in [0.1, 0.15) is 11.3 Å². The van der Waals surface area contributed by atoms with Gasteiger partial charge in [0.05, 0.1) is 11.6 Å². The molecule has 0 atom stereocenters. The quantitative estimate of drug-likeness (QED) is 0.590. The van der Waals surface area contributed by atoms with Gasteiger partial charge in [-0.2, -0.15) is 0 Å². The molecule has 0 fully saturated rings. The van der Waals surface area contributed by atoms with Crippen molar-refractivity contribution < 1.29 is 29.2 Å². The van der Waals surface area contributed by atoms with Crippen LogP contribution >= 0.6 is 23.2 Å². The van der Waals surface area contributed by atoms with Crippen LogP contribution < -0.4 is 30.1 Å². The lowest BCUT2D eigenvalue weighted by atomic mass is 10.2. The lowest BCUT2D eigenvalue weighted by molar-refractivity contribution is -0.00100. The molecule has 3 aromatic rings. The SMILES string of the molecule is Clc1ccc(Cl)c(-c2ccc(CNCc3cccnc3)o2)c1.[Cl-].[Cl-]. The maximum absolute atomic E-state index is 6.18. The molecule has 0 saturated heterocycles. The van der Waals surface area contributed by atoms with E-state index in [9.17, 15) is 0 Å². The summed E-state index contributed by atoms with van der Waals surface area (Å²) in [7, 11) is 0. The monoisotopic (exact) mass is 402 g/mol. The number of pyridine rings is 1. The van der Waals surface area contributed by atoms with E-state index in [4.69, 9.17) is 27.6 Å². The molecule has 2 aromatic heterocycles. The second-order valence-corrected chi connectivity index (χ2v) is 5.70. The Morgan fingerprint density at radius 2 is 1.83 bits per heavy atom. The summed E-state index contributed by atoms with van der Waals surface area (Å²) in [5, 5.41) is 4.57. The Balaban J connectivity index is 0.00000144. The van der Waals surface area contributed by atoms with Gasteiger partial charge < -0.3 is 34.5 Å². The van der Waals surface area contributed by atoms with Crippen LogP contribution in [0.4, 0.5) is 0 Å². The summed E-state index contributed by atoms with van der Waals surface area (Å²) < 4.78 is 5.82. The molecule has 3 rings (SSSR count). The molecule has 0 bridgehead atoms. The van der Waals surface area contributed by atoms with Crippen molar-refractivity contribution in [2.45, 2.75) is 13.1 Å². The van der Waals surface area contributed by atoms with Crippen LogP contribution in [0.25, 0.3) is 11.3 Å². The first-order valence-electron chi connectivity index (χ1n) is 6.86. The Hall–Kier alpha value is -1.23. The minimum atomic E-state index is 0. The number of nitrogens with one attached hydrogen (secondary N) is 1. The molecule has 1 N–H and O–H groups in total. The van der Waals surface area contributed by atoms with Gasteiger partial charge in [-0.1, -0.05) is 29.3 Å². The number of nitrogens with zero attached hydrogens (tertiary/aromatic N) is 1. The molecule has 1 aromatic carbocycles. The van der Waals surface area contributed by atoms with Gasteiger partial charge in [-0.15, -0.1) is 0 Å². The van der Waals surface area contributed by atoms with Crippen molar-refractivity contribution in [3.63, 3.8) is 0 Å². The average Bonchev–Trinajstić information content (AvgIpc) is 2.99. The largest absolute Gasteiger partial charge is 1.00 e. The fourth-order valence-corrected chi connectivity index (χ4v) is 2.52. The highest BCUT2D eigenvalue weighted by molar-refractivity contribution is 6.35. The summed E-state index contributed by atoms with van der Waals surface area (Å²) >= 11 is 12.2. The van der Waals surface area contributed by atoms with E-state index < -0.39 is 0 Å². The number of hydrogen-bond donors (Lipinski definition) is 1. The predicted molar refractivity (Wildman–Crippen MR) is 88.9 cm³/mol. The lowest BCUT2D eigenvalue weighted by Gasteiger charge is -2.03. The molecule has 3 nitrogen and oxygen atoms in total. The number of rotatable bonds is 5. The second kappa shape index (κ2) is 9.92. The standard InChI is InChI=1S/C17H14Cl2N2O.2ClH/c18-13-3-5-16(19)15(8-13)17-6-4-14(22-17)11-21-10-12-2-1-7-20-9-12;;/h1-9,21H,10-11H2;2*1H/p-2. The molecule has 0 saturated carbocycles. The van der Waals surface area contributed by atoms with Crippen LogP contribution in [0.2, 0.25) is 10.0 Å². The van der Waals surface area contributed by atoms with Gasteiger partial charge >= 0.3 is 0 Å². The molecule has 7 heteroatoms. The second-order valence-electron chi connectivity index (χ2n) is 4.85. The Labute approximate surface area is 163 Å². The highest BCUT2D eigenvalue weighted by Crippen LogP contribution is 2.31. The van der Waals surface area contributed by atoms with Crippen LogP contribution in [0.15, 0.2) is 59.3 Å². The van der Waals surface area contributed by atoms with Crippen LogP contribution in [-0.4, -0.2) is 4.98 Å². The number of benzene rings is 1. The number of hydrogen-bond acceptors (Lipinski definition) is 3. The van der Waals surface area contributed by atoms with Gasteiger partial charge in [-0.25, -0.2) is 0 Å². The molecule has 0 aliphatic carbocycles. The van der Waals surface area contributed by atoms with E-state index in [1.54, 1.807) is 24.4 Å². The van der Waals surface area contributed by atoms with Gasteiger partial charge in [-0.05, 0) is 42.0 Å². The third-order valence-corrected chi connectivity index (χ3v) is 3.77. The average molecular weight is 404 g/mol. The summed E-state index contributed by atoms with van der Waals surface area (Å²) in [6.07, 6.45) is 3.60. The van der Waals surface area contributed by atoms with Crippen molar-refractivity contribution in [1.29, 1.82) is 0 Å². The third-order valence-electron chi connectivity index (χ3n) is 3.21. The van der Waals surface area contributed by atoms with Crippen LogP contribution in [0, 0.1) is 0 Å². The van der Waals surface area contributed by atoms with E-state index in [2.05, 4.69) is 10.3 Å². The Morgan fingerprint density at radius 3 is 2.58 bits per heavy atom. The van der Waals surface area contributed by atoms with Crippen molar-refractivity contribution in [3.05, 3.63) is 76.2 Å². The zero-order valence-corrected chi connectivity index (χ0v) is 15.5. The van der Waals surface area contributed by atoms with E-state index in [0.717, 1.165) is 23.4 Å². The van der Waals surface area contributed by atoms with Crippen molar-refractivity contribution in [2.75, 3.05) is 0 Å². The number of furan rings is 1. The minimum absolute atomic E-state index is 0. The molecule has 0 spiro atoms. The Bertz CT molecular complexity index is 762. The maximum Gasteiger partial charge on any atom is 0.135 e. The molecule has 24 heavy (non-hydrogen) atoms. The number of halogens is 4. The molecule has 0 unspecified atom stereocenters. The number of aromatic nitrogens is 1. The molecule has 0 aliphatic rings. The fraction of sp³-hybridized carbons (Fsp3) is 0.118. The molecular formula is C17H14Cl4N2O-2. The van der Waals surface area contributed by atoms with E-state index >= 15 is 0 Å². The molecule has 128 valence electrons. The van der Waals surface area contributed by atoms with Crippen LogP contribution in [0.3, 0.4) is 0 Å². The summed E-state index contributed by atoms with van der Waals surface area (Å²) in [4.78, 5) is 4.08. The van der Waals surface area contributed by atoms with Crippen molar-refractivity contribution >= 4 is 23.2 Å². The van der Waals surface area contributed by atoms with Crippen LogP contribution in [0.5, 0.6) is 0 Å². The van der Waals surface area contributed by atoms with Gasteiger partial charge in [-0.3, -0.25) is 4.98 Å². The van der Waals surface area contributed by atoms with Crippen LogP contribution in [-0.2, 0) is 13.1 Å². The molecule has 0 amide bonds. The highest BCUT2D eigenvalue weighted by atomic mass is 35.5. The Kier molecular flexibility index (Phi) is 8.60. The Morgan fingerprint density at radius 1 is 1.00 bits per heavy atom. The van der Waals surface area contributed by atoms with Crippen molar-refractivity contribution in [2.24, 2.45) is 0 Å². The zero-order valence-electron chi connectivity index (χ0n) is 12.5. The highest BCUT2D eigenvalue weighted by Gasteiger charge is 2.09. The van der Waals surface area contributed by atoms with Gasteiger partial charge in [0.15, 0.2) is 0 Å². The van der Waals surface area contributed by atoms with Gasteiger partial charge in [0.25, 0.3) is 0 Å². The van der Waals surface area contributed by atoms with Crippen molar-refractivity contribution in [1.82, 2.24) is 10.3 Å². The summed E-state index contributed by atoms with van der Waals surface area (Å²) in [6, 6.07) is 13.1. The molecule has 2 heterocycles. The molecular weight excluding hydrogens is 390 g/mol. The topological polar surface area (TPSA) is 38.1 Å². The third kappa shape index (κ3) is 5.40. The first-order chi connectivity index (χ1) is 10.7. The van der Waals surface area contributed by atoms with Gasteiger partial charge in [0.1, 0.15) is 11.5 Å². The first kappa shape index (κ1) is 20.8. The lowest BCUT2D eigenvalue weighted by Crippen LogP contribution is -3.00. The van der Waals surface area contributed by atoms with E-state index in [0.29, 0.717) is 22.4 Å². The summed E-state index contributed by atoms with van der Waals surface area (Å²) in [5.74, 6) is 1.56. The summed E-state index contributed by atoms with van der Waals surface area (Å²) in [5.41, 5.74) is 1.93. The van der Waals surface area contributed by atoms with E-state index in [1.165, 1.54) is 0 Å². The fourth-order valence-electron chi connectivity index (χ4n) is 2.14. The maximum atomic E-state index is 6.18. The predicted octanol–water partition coefficient (Wildman–Crippen LogP) is -1.05. The minimum Gasteiger partial charge on any atom is -1.00 e. The smallest absolute Gasteiger partial charge is 0.135 e.